The lowest BCUT2D eigenvalue weighted by atomic mass is 9.92. The summed E-state index contributed by atoms with van der Waals surface area (Å²) in [6.45, 7) is 4.38. The van der Waals surface area contributed by atoms with Crippen LogP contribution in [0.1, 0.15) is 34.9 Å². The number of nitrogens with zero attached hydrogens (tertiary/aromatic N) is 1. The first-order valence-corrected chi connectivity index (χ1v) is 12.1. The van der Waals surface area contributed by atoms with Crippen molar-refractivity contribution in [2.45, 2.75) is 39.5 Å². The second-order valence-electron chi connectivity index (χ2n) is 8.72. The van der Waals surface area contributed by atoms with Crippen LogP contribution >= 0.6 is 15.9 Å². The number of hydrogen-bond donors (Lipinski definition) is 0. The lowest BCUT2D eigenvalue weighted by Crippen LogP contribution is -2.06. The van der Waals surface area contributed by atoms with E-state index in [2.05, 4.69) is 28.0 Å². The van der Waals surface area contributed by atoms with E-state index < -0.39 is 11.7 Å². The Kier molecular flexibility index (Phi) is 7.65. The molecule has 3 nitrogen and oxygen atoms in total. The lowest BCUT2D eigenvalue weighted by Gasteiger charge is -2.13. The van der Waals surface area contributed by atoms with Crippen LogP contribution in [0.15, 0.2) is 81.8 Å². The number of halogens is 4. The summed E-state index contributed by atoms with van der Waals surface area (Å²) < 4.78 is 50.5. The Balaban J connectivity index is 1.34. The van der Waals surface area contributed by atoms with Gasteiger partial charge in [-0.25, -0.2) is 0 Å². The average Bonchev–Trinajstić information content (AvgIpc) is 3.18. The van der Waals surface area contributed by atoms with Gasteiger partial charge in [0.15, 0.2) is 5.76 Å². The predicted octanol–water partition coefficient (Wildman–Crippen LogP) is 8.43. The molecule has 1 heterocycles. The number of hydrogen-bond acceptors (Lipinski definition) is 3. The van der Waals surface area contributed by atoms with Gasteiger partial charge in [0.2, 0.25) is 0 Å². The first-order valence-electron chi connectivity index (χ1n) is 11.3. The van der Waals surface area contributed by atoms with E-state index in [0.717, 1.165) is 52.0 Å². The van der Waals surface area contributed by atoms with Crippen LogP contribution in [0.2, 0.25) is 0 Å². The Bertz CT molecular complexity index is 1250. The lowest BCUT2D eigenvalue weighted by molar-refractivity contribution is -0.137. The van der Waals surface area contributed by atoms with Crippen LogP contribution in [0, 0.1) is 12.8 Å². The van der Waals surface area contributed by atoms with Gasteiger partial charge in [-0.1, -0.05) is 64.4 Å². The van der Waals surface area contributed by atoms with E-state index in [-0.39, 0.29) is 6.61 Å². The molecule has 7 heteroatoms. The van der Waals surface area contributed by atoms with Crippen molar-refractivity contribution in [1.82, 2.24) is 5.16 Å². The SMILES string of the molecule is Cc1noc(-c2ccc(Br)cc2)c1CC(C)Cc1ccc(OCc2ccc(C(F)(F)F)cc2)cc1. The molecule has 182 valence electrons. The zero-order chi connectivity index (χ0) is 25.0. The van der Waals surface area contributed by atoms with Crippen LogP contribution < -0.4 is 4.74 Å². The molecule has 0 spiro atoms. The molecular weight excluding hydrogens is 519 g/mol. The van der Waals surface area contributed by atoms with Crippen LogP contribution in [0.5, 0.6) is 5.75 Å². The van der Waals surface area contributed by atoms with Crippen LogP contribution in [-0.2, 0) is 25.6 Å². The van der Waals surface area contributed by atoms with E-state index in [1.807, 2.05) is 55.5 Å². The Morgan fingerprint density at radius 1 is 0.886 bits per heavy atom. The molecule has 0 N–H and O–H groups in total. The minimum absolute atomic E-state index is 0.208. The molecule has 1 unspecified atom stereocenters. The zero-order valence-corrected chi connectivity index (χ0v) is 21.0. The summed E-state index contributed by atoms with van der Waals surface area (Å²) in [5.41, 5.74) is 4.23. The van der Waals surface area contributed by atoms with Crippen molar-refractivity contribution < 1.29 is 22.4 Å². The highest BCUT2D eigenvalue weighted by Gasteiger charge is 2.29. The summed E-state index contributed by atoms with van der Waals surface area (Å²) in [5.74, 6) is 1.85. The summed E-state index contributed by atoms with van der Waals surface area (Å²) in [4.78, 5) is 0. The van der Waals surface area contributed by atoms with Gasteiger partial charge < -0.3 is 9.26 Å². The normalized spacial score (nSPS) is 12.5. The van der Waals surface area contributed by atoms with Crippen LogP contribution in [0.25, 0.3) is 11.3 Å². The second-order valence-corrected chi connectivity index (χ2v) is 9.64. The predicted molar refractivity (Wildman–Crippen MR) is 133 cm³/mol. The number of ether oxygens (including phenoxy) is 1. The topological polar surface area (TPSA) is 35.3 Å². The Hall–Kier alpha value is -3.06. The Labute approximate surface area is 211 Å². The largest absolute Gasteiger partial charge is 0.489 e. The monoisotopic (exact) mass is 543 g/mol. The standard InChI is InChI=1S/C28H25BrF3NO2/c1-18(16-26-19(2)33-35-27(26)22-7-11-24(29)12-8-22)15-20-5-13-25(14-6-20)34-17-21-3-9-23(10-4-21)28(30,31)32/h3-14,18H,15-17H2,1-2H3. The fraction of sp³-hybridized carbons (Fsp3) is 0.250. The number of aryl methyl sites for hydroxylation is 1. The molecular formula is C28H25BrF3NO2. The van der Waals surface area contributed by atoms with Crippen molar-refractivity contribution in [3.8, 4) is 17.1 Å². The van der Waals surface area contributed by atoms with E-state index in [1.165, 1.54) is 17.7 Å². The smallest absolute Gasteiger partial charge is 0.416 e. The maximum Gasteiger partial charge on any atom is 0.416 e. The van der Waals surface area contributed by atoms with Crippen molar-refractivity contribution in [3.05, 3.63) is 105 Å². The highest BCUT2D eigenvalue weighted by Crippen LogP contribution is 2.31. The van der Waals surface area contributed by atoms with Crippen molar-refractivity contribution in [1.29, 1.82) is 0 Å². The molecule has 0 bridgehead atoms. The van der Waals surface area contributed by atoms with Gasteiger partial charge in [-0.3, -0.25) is 0 Å². The third-order valence-corrected chi connectivity index (χ3v) is 6.37. The number of aromatic nitrogens is 1. The van der Waals surface area contributed by atoms with E-state index in [9.17, 15) is 13.2 Å². The maximum atomic E-state index is 12.7. The van der Waals surface area contributed by atoms with E-state index >= 15 is 0 Å². The van der Waals surface area contributed by atoms with Gasteiger partial charge in [0.25, 0.3) is 0 Å². The molecule has 0 fully saturated rings. The van der Waals surface area contributed by atoms with E-state index in [1.54, 1.807) is 0 Å². The van der Waals surface area contributed by atoms with Gasteiger partial charge in [-0.2, -0.15) is 13.2 Å². The molecule has 0 radical (unpaired) electrons. The quantitative estimate of drug-likeness (QED) is 0.223. The molecule has 0 saturated carbocycles. The van der Waals surface area contributed by atoms with Gasteiger partial charge in [-0.05, 0) is 73.2 Å². The summed E-state index contributed by atoms with van der Waals surface area (Å²) >= 11 is 3.46. The first-order chi connectivity index (χ1) is 16.7. The highest BCUT2D eigenvalue weighted by atomic mass is 79.9. The van der Waals surface area contributed by atoms with Crippen LogP contribution in [0.3, 0.4) is 0 Å². The average molecular weight is 544 g/mol. The number of alkyl halides is 3. The molecule has 3 aromatic carbocycles. The zero-order valence-electron chi connectivity index (χ0n) is 19.4. The molecule has 0 aliphatic carbocycles. The molecule has 1 atom stereocenters. The molecule has 4 aromatic rings. The van der Waals surface area contributed by atoms with E-state index in [4.69, 9.17) is 9.26 Å². The molecule has 0 aliphatic rings. The van der Waals surface area contributed by atoms with Gasteiger partial charge in [0, 0.05) is 15.6 Å². The van der Waals surface area contributed by atoms with Crippen molar-refractivity contribution >= 4 is 15.9 Å². The van der Waals surface area contributed by atoms with Gasteiger partial charge in [0.05, 0.1) is 11.3 Å². The van der Waals surface area contributed by atoms with Crippen molar-refractivity contribution in [3.63, 3.8) is 0 Å². The highest BCUT2D eigenvalue weighted by molar-refractivity contribution is 9.10. The Morgan fingerprint density at radius 2 is 1.51 bits per heavy atom. The van der Waals surface area contributed by atoms with Gasteiger partial charge >= 0.3 is 6.18 Å². The molecule has 0 amide bonds. The van der Waals surface area contributed by atoms with Gasteiger partial charge in [-0.15, -0.1) is 0 Å². The third-order valence-electron chi connectivity index (χ3n) is 5.84. The molecule has 35 heavy (non-hydrogen) atoms. The van der Waals surface area contributed by atoms with Crippen LogP contribution in [-0.4, -0.2) is 5.16 Å². The third kappa shape index (κ3) is 6.54. The summed E-state index contributed by atoms with van der Waals surface area (Å²) in [5, 5.41) is 4.19. The van der Waals surface area contributed by atoms with Crippen LogP contribution in [0.4, 0.5) is 13.2 Å². The minimum Gasteiger partial charge on any atom is -0.489 e. The van der Waals surface area contributed by atoms with Crippen molar-refractivity contribution in [2.75, 3.05) is 0 Å². The Morgan fingerprint density at radius 3 is 2.14 bits per heavy atom. The molecule has 0 saturated heterocycles. The van der Waals surface area contributed by atoms with E-state index in [0.29, 0.717) is 17.2 Å². The van der Waals surface area contributed by atoms with Crippen molar-refractivity contribution in [2.24, 2.45) is 5.92 Å². The fourth-order valence-corrected chi connectivity index (χ4v) is 4.22. The fourth-order valence-electron chi connectivity index (χ4n) is 3.96. The number of benzene rings is 3. The van der Waals surface area contributed by atoms with Gasteiger partial charge in [0.1, 0.15) is 12.4 Å². The molecule has 0 aliphatic heterocycles. The first kappa shape index (κ1) is 25.0. The summed E-state index contributed by atoms with van der Waals surface area (Å²) in [6.07, 6.45) is -2.61. The number of rotatable bonds is 8. The summed E-state index contributed by atoms with van der Waals surface area (Å²) in [6, 6.07) is 20.9. The molecule has 4 rings (SSSR count). The summed E-state index contributed by atoms with van der Waals surface area (Å²) in [7, 11) is 0. The maximum absolute atomic E-state index is 12.7. The molecule has 1 aromatic heterocycles. The second kappa shape index (κ2) is 10.7. The minimum atomic E-state index is -4.33.